The van der Waals surface area contributed by atoms with Gasteiger partial charge in [-0.2, -0.15) is 0 Å². The first-order valence-corrected chi connectivity index (χ1v) is 11.7. The lowest BCUT2D eigenvalue weighted by molar-refractivity contribution is -0.116. The highest BCUT2D eigenvalue weighted by atomic mass is 16.5. The largest absolute Gasteiger partial charge is 0.451 e. The molecule has 1 fully saturated rings. The van der Waals surface area contributed by atoms with E-state index in [9.17, 15) is 14.4 Å². The number of carbonyl (C=O) groups excluding carboxylic acids is 3. The van der Waals surface area contributed by atoms with Crippen molar-refractivity contribution in [3.8, 4) is 0 Å². The first-order chi connectivity index (χ1) is 16.4. The maximum absolute atomic E-state index is 13.2. The van der Waals surface area contributed by atoms with E-state index >= 15 is 0 Å². The van der Waals surface area contributed by atoms with Gasteiger partial charge in [0.1, 0.15) is 11.4 Å². The summed E-state index contributed by atoms with van der Waals surface area (Å²) in [6.07, 6.45) is 1.86. The Labute approximate surface area is 198 Å². The average Bonchev–Trinajstić information content (AvgIpc) is 3.52. The van der Waals surface area contributed by atoms with Crippen molar-refractivity contribution < 1.29 is 19.1 Å². The van der Waals surface area contributed by atoms with Gasteiger partial charge in [-0.1, -0.05) is 18.2 Å². The van der Waals surface area contributed by atoms with E-state index in [1.54, 1.807) is 36.1 Å². The number of ether oxygens (including phenoxy) is 1. The van der Waals surface area contributed by atoms with Gasteiger partial charge in [0, 0.05) is 43.2 Å². The van der Waals surface area contributed by atoms with E-state index in [1.165, 1.54) is 6.92 Å². The second kappa shape index (κ2) is 8.89. The van der Waals surface area contributed by atoms with Crippen LogP contribution in [0.5, 0.6) is 0 Å². The van der Waals surface area contributed by atoms with E-state index in [4.69, 9.17) is 9.72 Å². The predicted molar refractivity (Wildman–Crippen MR) is 131 cm³/mol. The van der Waals surface area contributed by atoms with E-state index < -0.39 is 12.1 Å². The molecule has 0 unspecified atom stereocenters. The molecule has 3 aromatic rings. The second-order valence-electron chi connectivity index (χ2n) is 8.92. The van der Waals surface area contributed by atoms with Crippen LogP contribution >= 0.6 is 0 Å². The van der Waals surface area contributed by atoms with Crippen LogP contribution in [0.25, 0.3) is 10.9 Å². The molecule has 0 aliphatic carbocycles. The number of anilines is 2. The summed E-state index contributed by atoms with van der Waals surface area (Å²) in [4.78, 5) is 46.7. The summed E-state index contributed by atoms with van der Waals surface area (Å²) < 4.78 is 5.66. The SMILES string of the molecule is CC(=O)N1CCc2cc(C(=O)[C@@H](C)OC(=O)c3cc4ccccc4nc3N3CCCC3)ccc21. The van der Waals surface area contributed by atoms with Crippen molar-refractivity contribution in [1.29, 1.82) is 0 Å². The molecule has 0 N–H and O–H groups in total. The molecular weight excluding hydrogens is 430 g/mol. The third-order valence-corrected chi connectivity index (χ3v) is 6.62. The Balaban J connectivity index is 1.38. The van der Waals surface area contributed by atoms with Crippen LogP contribution in [0.1, 0.15) is 53.0 Å². The number of nitrogens with zero attached hydrogens (tertiary/aromatic N) is 3. The Morgan fingerprint density at radius 1 is 1.00 bits per heavy atom. The lowest BCUT2D eigenvalue weighted by atomic mass is 10.0. The quantitative estimate of drug-likeness (QED) is 0.423. The summed E-state index contributed by atoms with van der Waals surface area (Å²) in [6.45, 7) is 5.42. The first-order valence-electron chi connectivity index (χ1n) is 11.7. The number of para-hydroxylation sites is 1. The summed E-state index contributed by atoms with van der Waals surface area (Å²) in [5.74, 6) is -0.223. The molecule has 0 radical (unpaired) electrons. The number of Topliss-reactive ketones (excluding diaryl/α,β-unsaturated/α-hetero) is 1. The number of hydrogen-bond acceptors (Lipinski definition) is 6. The number of fused-ring (bicyclic) bond motifs is 2. The molecule has 1 atom stereocenters. The maximum atomic E-state index is 13.2. The third-order valence-electron chi connectivity index (χ3n) is 6.62. The molecule has 1 saturated heterocycles. The summed E-state index contributed by atoms with van der Waals surface area (Å²) in [5, 5.41) is 0.852. The molecule has 1 aromatic heterocycles. The van der Waals surface area contributed by atoms with Gasteiger partial charge in [0.25, 0.3) is 0 Å². The zero-order valence-corrected chi connectivity index (χ0v) is 19.4. The number of pyridine rings is 1. The highest BCUT2D eigenvalue weighted by Gasteiger charge is 2.28. The van der Waals surface area contributed by atoms with Gasteiger partial charge < -0.3 is 14.5 Å². The highest BCUT2D eigenvalue weighted by molar-refractivity contribution is 6.04. The Bertz CT molecular complexity index is 1300. The zero-order valence-electron chi connectivity index (χ0n) is 19.4. The number of aromatic nitrogens is 1. The fourth-order valence-corrected chi connectivity index (χ4v) is 4.82. The minimum atomic E-state index is -0.950. The van der Waals surface area contributed by atoms with E-state index in [0.717, 1.165) is 48.1 Å². The maximum Gasteiger partial charge on any atom is 0.342 e. The number of ketones is 1. The summed E-state index contributed by atoms with van der Waals surface area (Å²) in [7, 11) is 0. The topological polar surface area (TPSA) is 79.8 Å². The van der Waals surface area contributed by atoms with Crippen LogP contribution < -0.4 is 9.80 Å². The van der Waals surface area contributed by atoms with Gasteiger partial charge in [-0.15, -0.1) is 0 Å². The van der Waals surface area contributed by atoms with Crippen molar-refractivity contribution in [3.63, 3.8) is 0 Å². The minimum absolute atomic E-state index is 0.0158. The van der Waals surface area contributed by atoms with E-state index in [2.05, 4.69) is 4.90 Å². The van der Waals surface area contributed by atoms with Gasteiger partial charge in [0.2, 0.25) is 11.7 Å². The van der Waals surface area contributed by atoms with Crippen molar-refractivity contribution in [2.24, 2.45) is 0 Å². The molecule has 1 amide bonds. The molecule has 174 valence electrons. The van der Waals surface area contributed by atoms with Crippen LogP contribution in [-0.4, -0.2) is 48.4 Å². The number of benzene rings is 2. The molecule has 2 aromatic carbocycles. The van der Waals surface area contributed by atoms with Crippen LogP contribution in [0.4, 0.5) is 11.5 Å². The Morgan fingerprint density at radius 3 is 2.53 bits per heavy atom. The molecule has 3 heterocycles. The monoisotopic (exact) mass is 457 g/mol. The van der Waals surface area contributed by atoms with Crippen molar-refractivity contribution in [2.75, 3.05) is 29.4 Å². The van der Waals surface area contributed by atoms with E-state index in [-0.39, 0.29) is 11.7 Å². The van der Waals surface area contributed by atoms with Gasteiger partial charge >= 0.3 is 5.97 Å². The summed E-state index contributed by atoms with van der Waals surface area (Å²) in [5.41, 5.74) is 3.47. The van der Waals surface area contributed by atoms with Crippen LogP contribution in [0.3, 0.4) is 0 Å². The molecule has 7 heteroatoms. The first kappa shape index (κ1) is 22.1. The Kier molecular flexibility index (Phi) is 5.77. The fraction of sp³-hybridized carbons (Fsp3) is 0.333. The number of amides is 1. The van der Waals surface area contributed by atoms with E-state index in [1.807, 2.05) is 24.3 Å². The molecular formula is C27H27N3O4. The van der Waals surface area contributed by atoms with Crippen LogP contribution in [0.15, 0.2) is 48.5 Å². The number of hydrogen-bond donors (Lipinski definition) is 0. The molecule has 5 rings (SSSR count). The third kappa shape index (κ3) is 4.02. The number of rotatable bonds is 5. The van der Waals surface area contributed by atoms with Gasteiger partial charge in [0.15, 0.2) is 6.10 Å². The Hall–Kier alpha value is -3.74. The predicted octanol–water partition coefficient (Wildman–Crippen LogP) is 4.17. The van der Waals surface area contributed by atoms with Crippen LogP contribution in [0.2, 0.25) is 0 Å². The van der Waals surface area contributed by atoms with Crippen molar-refractivity contribution in [3.05, 3.63) is 65.2 Å². The normalized spacial score (nSPS) is 15.9. The van der Waals surface area contributed by atoms with Gasteiger partial charge in [-0.25, -0.2) is 9.78 Å². The van der Waals surface area contributed by atoms with Crippen LogP contribution in [0, 0.1) is 0 Å². The summed E-state index contributed by atoms with van der Waals surface area (Å²) >= 11 is 0. The standard InChI is InChI=1S/C27H27N3O4/c1-17(25(32)21-9-10-24-20(15-21)11-14-30(24)18(2)31)34-27(33)22-16-19-7-3-4-8-23(19)28-26(22)29-12-5-6-13-29/h3-4,7-10,15-17H,5-6,11-14H2,1-2H3/t17-/m1/s1. The van der Waals surface area contributed by atoms with Gasteiger partial charge in [-0.05, 0) is 62.1 Å². The molecule has 0 spiro atoms. The Morgan fingerprint density at radius 2 is 1.76 bits per heavy atom. The average molecular weight is 458 g/mol. The summed E-state index contributed by atoms with van der Waals surface area (Å²) in [6, 6.07) is 14.8. The minimum Gasteiger partial charge on any atom is -0.451 e. The second-order valence-corrected chi connectivity index (χ2v) is 8.92. The highest BCUT2D eigenvalue weighted by Crippen LogP contribution is 2.30. The van der Waals surface area contributed by atoms with Crippen molar-refractivity contribution >= 4 is 40.1 Å². The van der Waals surface area contributed by atoms with Crippen LogP contribution in [-0.2, 0) is 16.0 Å². The molecule has 0 bridgehead atoms. The molecule has 34 heavy (non-hydrogen) atoms. The lowest BCUT2D eigenvalue weighted by Crippen LogP contribution is -2.27. The molecule has 7 nitrogen and oxygen atoms in total. The van der Waals surface area contributed by atoms with Gasteiger partial charge in [0.05, 0.1) is 5.52 Å². The lowest BCUT2D eigenvalue weighted by Gasteiger charge is -2.21. The van der Waals surface area contributed by atoms with Crippen molar-refractivity contribution in [2.45, 2.75) is 39.2 Å². The fourth-order valence-electron chi connectivity index (χ4n) is 4.82. The smallest absolute Gasteiger partial charge is 0.342 e. The molecule has 0 saturated carbocycles. The van der Waals surface area contributed by atoms with Crippen molar-refractivity contribution in [1.82, 2.24) is 4.98 Å². The number of esters is 1. The zero-order chi connectivity index (χ0) is 23.8. The molecule has 2 aliphatic heterocycles. The molecule has 2 aliphatic rings. The number of carbonyl (C=O) groups is 3. The van der Waals surface area contributed by atoms with E-state index in [0.29, 0.717) is 29.9 Å². The van der Waals surface area contributed by atoms with Gasteiger partial charge in [-0.3, -0.25) is 9.59 Å².